The molecule has 0 bridgehead atoms. The molecule has 0 atom stereocenters. The number of hydrogen-bond acceptors (Lipinski definition) is 3. The summed E-state index contributed by atoms with van der Waals surface area (Å²) < 4.78 is 12.3. The van der Waals surface area contributed by atoms with E-state index < -0.39 is 0 Å². The molecule has 1 aromatic rings. The molecule has 1 aromatic carbocycles. The summed E-state index contributed by atoms with van der Waals surface area (Å²) in [5.74, 6) is -0.269. The zero-order chi connectivity index (χ0) is 16.2. The molecule has 0 spiro atoms. The SMILES string of the molecule is C1CCNC1.Cc1ccccc1F.O=C(NO)C1CCCC1. The van der Waals surface area contributed by atoms with E-state index in [1.165, 1.54) is 32.0 Å². The van der Waals surface area contributed by atoms with Crippen molar-refractivity contribution in [2.45, 2.75) is 45.4 Å². The minimum absolute atomic E-state index is 0.0787. The molecule has 3 N–H and O–H groups in total. The molecule has 0 aromatic heterocycles. The first-order chi connectivity index (χ1) is 10.6. The summed E-state index contributed by atoms with van der Waals surface area (Å²) in [4.78, 5) is 10.7. The summed E-state index contributed by atoms with van der Waals surface area (Å²) in [7, 11) is 0. The molecule has 1 saturated carbocycles. The van der Waals surface area contributed by atoms with Crippen LogP contribution in [0.2, 0.25) is 0 Å². The van der Waals surface area contributed by atoms with Crippen molar-refractivity contribution in [3.8, 4) is 0 Å². The highest BCUT2D eigenvalue weighted by Gasteiger charge is 2.21. The van der Waals surface area contributed by atoms with Crippen LogP contribution in [0.5, 0.6) is 0 Å². The molecule has 2 fully saturated rings. The van der Waals surface area contributed by atoms with Gasteiger partial charge in [0.1, 0.15) is 5.82 Å². The van der Waals surface area contributed by atoms with Gasteiger partial charge in [-0.2, -0.15) is 0 Å². The average molecular weight is 310 g/mol. The zero-order valence-electron chi connectivity index (χ0n) is 13.3. The molecule has 0 unspecified atom stereocenters. The lowest BCUT2D eigenvalue weighted by Crippen LogP contribution is -2.25. The van der Waals surface area contributed by atoms with E-state index >= 15 is 0 Å². The molecule has 2 aliphatic rings. The third kappa shape index (κ3) is 7.52. The monoisotopic (exact) mass is 310 g/mol. The average Bonchev–Trinajstić information content (AvgIpc) is 3.26. The second kappa shape index (κ2) is 11.2. The van der Waals surface area contributed by atoms with Crippen LogP contribution in [-0.4, -0.2) is 24.2 Å². The van der Waals surface area contributed by atoms with Gasteiger partial charge in [0.15, 0.2) is 0 Å². The Bertz CT molecular complexity index is 402. The van der Waals surface area contributed by atoms with Gasteiger partial charge in [-0.05, 0) is 57.3 Å². The summed E-state index contributed by atoms with van der Waals surface area (Å²) in [5.41, 5.74) is 2.37. The highest BCUT2D eigenvalue weighted by Crippen LogP contribution is 2.24. The molecular weight excluding hydrogens is 283 g/mol. The van der Waals surface area contributed by atoms with Crippen molar-refractivity contribution >= 4 is 5.91 Å². The van der Waals surface area contributed by atoms with Crippen LogP contribution in [0.3, 0.4) is 0 Å². The van der Waals surface area contributed by atoms with Crippen LogP contribution in [-0.2, 0) is 4.79 Å². The van der Waals surface area contributed by atoms with Gasteiger partial charge in [0.2, 0.25) is 5.91 Å². The number of rotatable bonds is 1. The van der Waals surface area contributed by atoms with E-state index in [1.807, 2.05) is 6.07 Å². The van der Waals surface area contributed by atoms with Gasteiger partial charge in [0.25, 0.3) is 0 Å². The fraction of sp³-hybridized carbons (Fsp3) is 0.588. The Morgan fingerprint density at radius 3 is 2.14 bits per heavy atom. The van der Waals surface area contributed by atoms with Crippen LogP contribution in [0.4, 0.5) is 4.39 Å². The molecule has 1 saturated heterocycles. The van der Waals surface area contributed by atoms with Crippen molar-refractivity contribution in [1.82, 2.24) is 10.8 Å². The minimum atomic E-state index is -0.215. The number of nitrogens with one attached hydrogen (secondary N) is 2. The van der Waals surface area contributed by atoms with Crippen molar-refractivity contribution in [2.75, 3.05) is 13.1 Å². The number of hydrogen-bond donors (Lipinski definition) is 3. The van der Waals surface area contributed by atoms with Gasteiger partial charge in [0.05, 0.1) is 0 Å². The smallest absolute Gasteiger partial charge is 0.246 e. The van der Waals surface area contributed by atoms with Crippen molar-refractivity contribution < 1.29 is 14.4 Å². The molecule has 3 rings (SSSR count). The summed E-state index contributed by atoms with van der Waals surface area (Å²) in [6, 6.07) is 6.70. The van der Waals surface area contributed by atoms with Crippen LogP contribution in [0.15, 0.2) is 24.3 Å². The van der Waals surface area contributed by atoms with E-state index in [9.17, 15) is 9.18 Å². The number of halogens is 1. The Labute approximate surface area is 132 Å². The first-order valence-corrected chi connectivity index (χ1v) is 8.01. The number of hydroxylamine groups is 1. The molecule has 0 radical (unpaired) electrons. The third-order valence-corrected chi connectivity index (χ3v) is 3.87. The topological polar surface area (TPSA) is 61.4 Å². The Balaban J connectivity index is 0.000000171. The molecule has 124 valence electrons. The summed E-state index contributed by atoms with van der Waals surface area (Å²) in [5, 5.41) is 11.4. The third-order valence-electron chi connectivity index (χ3n) is 3.87. The standard InChI is InChI=1S/C7H7F.C6H11NO2.C4H9N/c1-6-4-2-3-5-7(6)8;8-6(7-9)5-3-1-2-4-5;1-2-4-5-3-1/h2-5H,1H3;5,9H,1-4H2,(H,7,8);5H,1-4H2. The van der Waals surface area contributed by atoms with Gasteiger partial charge in [0, 0.05) is 5.92 Å². The van der Waals surface area contributed by atoms with Crippen LogP contribution in [0, 0.1) is 18.7 Å². The molecule has 1 aliphatic carbocycles. The highest BCUT2D eigenvalue weighted by molar-refractivity contribution is 5.77. The van der Waals surface area contributed by atoms with Gasteiger partial charge >= 0.3 is 0 Å². The molecule has 5 heteroatoms. The largest absolute Gasteiger partial charge is 0.317 e. The molecular formula is C17H27FN2O2. The Hall–Kier alpha value is -1.46. The number of aryl methyl sites for hydroxylation is 1. The maximum Gasteiger partial charge on any atom is 0.246 e. The lowest BCUT2D eigenvalue weighted by Gasteiger charge is -2.03. The number of benzene rings is 1. The van der Waals surface area contributed by atoms with E-state index in [0.717, 1.165) is 25.7 Å². The van der Waals surface area contributed by atoms with Crippen LogP contribution in [0.25, 0.3) is 0 Å². The predicted molar refractivity (Wildman–Crippen MR) is 85.1 cm³/mol. The first kappa shape index (κ1) is 18.6. The van der Waals surface area contributed by atoms with Crippen molar-refractivity contribution in [3.05, 3.63) is 35.6 Å². The molecule has 1 amide bonds. The number of carbonyl (C=O) groups excluding carboxylic acids is 1. The van der Waals surface area contributed by atoms with Crippen molar-refractivity contribution in [2.24, 2.45) is 5.92 Å². The molecule has 4 nitrogen and oxygen atoms in total. The quantitative estimate of drug-likeness (QED) is 0.551. The van der Waals surface area contributed by atoms with E-state index in [-0.39, 0.29) is 17.6 Å². The Kier molecular flexibility index (Phi) is 9.42. The van der Waals surface area contributed by atoms with Crippen molar-refractivity contribution in [1.29, 1.82) is 0 Å². The second-order valence-corrected chi connectivity index (χ2v) is 5.66. The van der Waals surface area contributed by atoms with E-state index in [2.05, 4.69) is 5.32 Å². The Morgan fingerprint density at radius 2 is 1.77 bits per heavy atom. The van der Waals surface area contributed by atoms with Gasteiger partial charge in [-0.15, -0.1) is 0 Å². The summed E-state index contributed by atoms with van der Waals surface area (Å²) in [6.45, 7) is 4.25. The molecule has 1 aliphatic heterocycles. The predicted octanol–water partition coefficient (Wildman–Crippen LogP) is 3.19. The normalized spacial score (nSPS) is 17.0. The lowest BCUT2D eigenvalue weighted by molar-refractivity contribution is -0.133. The van der Waals surface area contributed by atoms with Crippen LogP contribution >= 0.6 is 0 Å². The van der Waals surface area contributed by atoms with E-state index in [1.54, 1.807) is 24.5 Å². The van der Waals surface area contributed by atoms with Crippen LogP contribution in [0.1, 0.15) is 44.1 Å². The van der Waals surface area contributed by atoms with Crippen molar-refractivity contribution in [3.63, 3.8) is 0 Å². The fourth-order valence-corrected chi connectivity index (χ4v) is 2.46. The minimum Gasteiger partial charge on any atom is -0.317 e. The van der Waals surface area contributed by atoms with Gasteiger partial charge < -0.3 is 5.32 Å². The summed E-state index contributed by atoms with van der Waals surface area (Å²) >= 11 is 0. The van der Waals surface area contributed by atoms with Gasteiger partial charge in [-0.3, -0.25) is 10.0 Å². The zero-order valence-corrected chi connectivity index (χ0v) is 13.3. The van der Waals surface area contributed by atoms with Gasteiger partial charge in [-0.1, -0.05) is 31.0 Å². The number of carbonyl (C=O) groups is 1. The lowest BCUT2D eigenvalue weighted by atomic mass is 10.1. The maximum atomic E-state index is 12.3. The maximum absolute atomic E-state index is 12.3. The Morgan fingerprint density at radius 1 is 1.18 bits per heavy atom. The summed E-state index contributed by atoms with van der Waals surface area (Å²) in [6.07, 6.45) is 6.90. The fourth-order valence-electron chi connectivity index (χ4n) is 2.46. The second-order valence-electron chi connectivity index (χ2n) is 5.66. The van der Waals surface area contributed by atoms with Gasteiger partial charge in [-0.25, -0.2) is 9.87 Å². The molecule has 22 heavy (non-hydrogen) atoms. The van der Waals surface area contributed by atoms with E-state index in [0.29, 0.717) is 5.56 Å². The van der Waals surface area contributed by atoms with E-state index in [4.69, 9.17) is 5.21 Å². The molecule has 1 heterocycles. The van der Waals surface area contributed by atoms with Crippen LogP contribution < -0.4 is 10.8 Å². The number of amides is 1. The highest BCUT2D eigenvalue weighted by atomic mass is 19.1. The first-order valence-electron chi connectivity index (χ1n) is 8.01.